The summed E-state index contributed by atoms with van der Waals surface area (Å²) in [6.45, 7) is 13.9. The van der Waals surface area contributed by atoms with Gasteiger partial charge in [-0.15, -0.1) is 0 Å². The Kier molecular flexibility index (Phi) is 6.45. The van der Waals surface area contributed by atoms with E-state index in [-0.39, 0.29) is 13.1 Å². The lowest BCUT2D eigenvalue weighted by atomic mass is 9.86. The molecule has 0 spiro atoms. The smallest absolute Gasteiger partial charge is 0.261 e. The van der Waals surface area contributed by atoms with Gasteiger partial charge in [-0.1, -0.05) is 24.3 Å². The molecule has 0 unspecified atom stereocenters. The van der Waals surface area contributed by atoms with Crippen LogP contribution in [0, 0.1) is 0 Å². The molecule has 0 radical (unpaired) electrons. The lowest BCUT2D eigenvalue weighted by Gasteiger charge is -2.32. The van der Waals surface area contributed by atoms with Crippen LogP contribution in [-0.2, 0) is 0 Å². The second-order valence-corrected chi connectivity index (χ2v) is 8.86. The zero-order valence-corrected chi connectivity index (χ0v) is 19.5. The number of carbonyl (C=O) groups is 4. The summed E-state index contributed by atoms with van der Waals surface area (Å²) < 4.78 is 0. The number of nitrogens with one attached hydrogen (secondary N) is 2. The van der Waals surface area contributed by atoms with E-state index in [1.807, 2.05) is 13.8 Å². The third-order valence-electron chi connectivity index (χ3n) is 5.94. The first kappa shape index (κ1) is 23.5. The van der Waals surface area contributed by atoms with Crippen LogP contribution in [0.15, 0.2) is 48.6 Å². The minimum absolute atomic E-state index is 0.207. The maximum Gasteiger partial charge on any atom is 0.261 e. The van der Waals surface area contributed by atoms with E-state index in [2.05, 4.69) is 23.8 Å². The fourth-order valence-electron chi connectivity index (χ4n) is 4.37. The maximum absolute atomic E-state index is 13.2. The highest BCUT2D eigenvalue weighted by atomic mass is 16.2. The number of imide groups is 2. The van der Waals surface area contributed by atoms with Crippen molar-refractivity contribution in [3.63, 3.8) is 0 Å². The molecule has 4 amide bonds. The highest BCUT2D eigenvalue weighted by molar-refractivity contribution is 6.33. The van der Waals surface area contributed by atoms with E-state index in [0.717, 1.165) is 11.1 Å². The van der Waals surface area contributed by atoms with Crippen LogP contribution in [-0.4, -0.2) is 72.7 Å². The van der Waals surface area contributed by atoms with Crippen LogP contribution in [0.4, 0.5) is 0 Å². The van der Waals surface area contributed by atoms with Gasteiger partial charge in [-0.3, -0.25) is 29.0 Å². The summed E-state index contributed by atoms with van der Waals surface area (Å²) in [7, 11) is 0. The lowest BCUT2D eigenvalue weighted by Crippen LogP contribution is -2.46. The Bertz CT molecular complexity index is 1100. The van der Waals surface area contributed by atoms with Gasteiger partial charge in [-0.05, 0) is 38.1 Å². The highest BCUT2D eigenvalue weighted by Crippen LogP contribution is 2.37. The molecule has 2 aromatic rings. The topological polar surface area (TPSA) is 98.8 Å². The van der Waals surface area contributed by atoms with Gasteiger partial charge < -0.3 is 10.6 Å². The lowest BCUT2D eigenvalue weighted by molar-refractivity contribution is 0.0591. The molecule has 2 heterocycles. The number of hydrogen-bond acceptors (Lipinski definition) is 6. The zero-order chi connectivity index (χ0) is 24.6. The van der Waals surface area contributed by atoms with Crippen molar-refractivity contribution in [3.8, 4) is 0 Å². The molecule has 2 aliphatic heterocycles. The van der Waals surface area contributed by atoms with Crippen LogP contribution in [0.1, 0.15) is 55.3 Å². The Hall–Kier alpha value is -3.62. The van der Waals surface area contributed by atoms with Crippen LogP contribution in [0.2, 0.25) is 0 Å². The van der Waals surface area contributed by atoms with Crippen molar-refractivity contribution in [2.24, 2.45) is 0 Å². The van der Waals surface area contributed by atoms with E-state index >= 15 is 0 Å². The molecule has 0 aliphatic carbocycles. The summed E-state index contributed by atoms with van der Waals surface area (Å²) in [4.78, 5) is 55.2. The molecule has 0 saturated heterocycles. The van der Waals surface area contributed by atoms with Crippen molar-refractivity contribution in [3.05, 3.63) is 70.8 Å². The van der Waals surface area contributed by atoms with Crippen LogP contribution >= 0.6 is 0 Å². The van der Waals surface area contributed by atoms with Crippen molar-refractivity contribution in [2.75, 3.05) is 39.3 Å². The standard InChI is InChI=1S/C26H28N4O4/c1-15(2)13-27-9-11-29-23(31)17-5-7-19-22-20(8-6-18(21(17)22)24(29)32)26(34)30(25(19)33)12-10-28-14-16(3)4/h5-8,27-28H,1,3,9-14H2,2,4H3. The molecule has 176 valence electrons. The maximum atomic E-state index is 13.2. The van der Waals surface area contributed by atoms with Gasteiger partial charge in [0.2, 0.25) is 0 Å². The van der Waals surface area contributed by atoms with Gasteiger partial charge in [0.25, 0.3) is 23.6 Å². The first-order chi connectivity index (χ1) is 16.2. The minimum atomic E-state index is -0.426. The third kappa shape index (κ3) is 4.06. The second kappa shape index (κ2) is 9.32. The van der Waals surface area contributed by atoms with Crippen molar-refractivity contribution in [2.45, 2.75) is 13.8 Å². The van der Waals surface area contributed by atoms with Crippen molar-refractivity contribution in [1.82, 2.24) is 20.4 Å². The summed E-state index contributed by atoms with van der Waals surface area (Å²) in [5.74, 6) is -1.71. The molecule has 2 aromatic carbocycles. The van der Waals surface area contributed by atoms with Crippen LogP contribution in [0.3, 0.4) is 0 Å². The Morgan fingerprint density at radius 1 is 0.647 bits per heavy atom. The monoisotopic (exact) mass is 460 g/mol. The van der Waals surface area contributed by atoms with E-state index in [0.29, 0.717) is 59.2 Å². The molecule has 0 atom stereocenters. The summed E-state index contributed by atoms with van der Waals surface area (Å²) in [6, 6.07) is 6.33. The van der Waals surface area contributed by atoms with Gasteiger partial charge in [0, 0.05) is 72.3 Å². The Balaban J connectivity index is 1.65. The summed E-state index contributed by atoms with van der Waals surface area (Å²) in [6.07, 6.45) is 0. The van der Waals surface area contributed by atoms with E-state index in [9.17, 15) is 19.2 Å². The van der Waals surface area contributed by atoms with Gasteiger partial charge in [-0.25, -0.2) is 0 Å². The average Bonchev–Trinajstić information content (AvgIpc) is 2.79. The largest absolute Gasteiger partial charge is 0.311 e. The Morgan fingerprint density at radius 2 is 0.941 bits per heavy atom. The van der Waals surface area contributed by atoms with Gasteiger partial charge in [-0.2, -0.15) is 0 Å². The van der Waals surface area contributed by atoms with E-state index in [1.54, 1.807) is 24.3 Å². The van der Waals surface area contributed by atoms with Crippen molar-refractivity contribution >= 4 is 34.4 Å². The first-order valence-electron chi connectivity index (χ1n) is 11.2. The van der Waals surface area contributed by atoms with Gasteiger partial charge >= 0.3 is 0 Å². The first-order valence-corrected chi connectivity index (χ1v) is 11.2. The molecular formula is C26H28N4O4. The normalized spacial score (nSPS) is 14.9. The van der Waals surface area contributed by atoms with Crippen LogP contribution in [0.25, 0.3) is 10.8 Å². The zero-order valence-electron chi connectivity index (χ0n) is 19.5. The molecule has 2 N–H and O–H groups in total. The quantitative estimate of drug-likeness (QED) is 0.321. The molecule has 0 fully saturated rings. The van der Waals surface area contributed by atoms with Gasteiger partial charge in [0.15, 0.2) is 0 Å². The molecule has 0 aromatic heterocycles. The molecule has 0 saturated carbocycles. The number of hydrogen-bond donors (Lipinski definition) is 2. The number of nitrogens with zero attached hydrogens (tertiary/aromatic N) is 2. The van der Waals surface area contributed by atoms with E-state index < -0.39 is 23.6 Å². The fraction of sp³-hybridized carbons (Fsp3) is 0.308. The SMILES string of the molecule is C=C(C)CNCCN1C(=O)c2ccc3c4c(ccc(c24)C1=O)C(=O)N(CCNCC(=C)C)C3=O. The van der Waals surface area contributed by atoms with E-state index in [4.69, 9.17) is 0 Å². The average molecular weight is 461 g/mol. The molecular weight excluding hydrogens is 432 g/mol. The second-order valence-electron chi connectivity index (χ2n) is 8.86. The summed E-state index contributed by atoms with van der Waals surface area (Å²) in [5.41, 5.74) is 3.21. The predicted molar refractivity (Wildman–Crippen MR) is 130 cm³/mol. The molecule has 8 heteroatoms. The third-order valence-corrected chi connectivity index (χ3v) is 5.94. The molecule has 0 bridgehead atoms. The Labute approximate surface area is 198 Å². The summed E-state index contributed by atoms with van der Waals surface area (Å²) >= 11 is 0. The molecule has 34 heavy (non-hydrogen) atoms. The highest BCUT2D eigenvalue weighted by Gasteiger charge is 2.39. The fourth-order valence-corrected chi connectivity index (χ4v) is 4.37. The molecule has 2 aliphatic rings. The van der Waals surface area contributed by atoms with Gasteiger partial charge in [0.05, 0.1) is 0 Å². The van der Waals surface area contributed by atoms with Crippen molar-refractivity contribution in [1.29, 1.82) is 0 Å². The Morgan fingerprint density at radius 3 is 1.21 bits per heavy atom. The molecule has 8 nitrogen and oxygen atoms in total. The number of amides is 4. The van der Waals surface area contributed by atoms with E-state index in [1.165, 1.54) is 9.80 Å². The number of carbonyl (C=O) groups excluding carboxylic acids is 4. The predicted octanol–water partition coefficient (Wildman–Crippen LogP) is 2.36. The minimum Gasteiger partial charge on any atom is -0.311 e. The van der Waals surface area contributed by atoms with Crippen LogP contribution < -0.4 is 10.6 Å². The number of benzene rings is 2. The van der Waals surface area contributed by atoms with Crippen molar-refractivity contribution < 1.29 is 19.2 Å². The molecule has 4 rings (SSSR count). The van der Waals surface area contributed by atoms with Gasteiger partial charge in [0.1, 0.15) is 0 Å². The number of rotatable bonds is 10. The van der Waals surface area contributed by atoms with Crippen LogP contribution in [0.5, 0.6) is 0 Å². The summed E-state index contributed by atoms with van der Waals surface area (Å²) in [5, 5.41) is 7.08.